The number of carbonyl (C=O) groups excluding carboxylic acids is 1. The number of ether oxygens (including phenoxy) is 1. The zero-order chi connectivity index (χ0) is 11.4. The van der Waals surface area contributed by atoms with Gasteiger partial charge in [-0.1, -0.05) is 0 Å². The molecule has 0 N–H and O–H groups in total. The third-order valence-electron chi connectivity index (χ3n) is 1.86. The molecule has 1 aromatic rings. The molecule has 0 heterocycles. The molecule has 0 atom stereocenters. The first-order valence-corrected chi connectivity index (χ1v) is 4.47. The Morgan fingerprint density at radius 3 is 2.73 bits per heavy atom. The van der Waals surface area contributed by atoms with Gasteiger partial charge < -0.3 is 4.74 Å². The van der Waals surface area contributed by atoms with Crippen molar-refractivity contribution in [2.75, 3.05) is 6.61 Å². The van der Waals surface area contributed by atoms with Crippen LogP contribution < -0.4 is 4.74 Å². The lowest BCUT2D eigenvalue weighted by Crippen LogP contribution is -2.02. The number of benzene rings is 1. The molecule has 0 radical (unpaired) electrons. The van der Waals surface area contributed by atoms with E-state index >= 15 is 0 Å². The maximum absolute atomic E-state index is 13.4. The standard InChI is InChI=1S/C11H10FNO2/c1-3-15-9-4-8(6-13)11(12)10(5-9)7(2)14/h4-5H,3H2,1-2H3. The van der Waals surface area contributed by atoms with Crippen molar-refractivity contribution in [3.63, 3.8) is 0 Å². The van der Waals surface area contributed by atoms with Crippen LogP contribution in [0.25, 0.3) is 0 Å². The molecule has 1 aromatic carbocycles. The zero-order valence-corrected chi connectivity index (χ0v) is 8.50. The van der Waals surface area contributed by atoms with E-state index in [0.717, 1.165) is 0 Å². The van der Waals surface area contributed by atoms with Crippen LogP contribution in [0.3, 0.4) is 0 Å². The second kappa shape index (κ2) is 4.56. The molecule has 4 heteroatoms. The summed E-state index contributed by atoms with van der Waals surface area (Å²) in [7, 11) is 0. The minimum Gasteiger partial charge on any atom is -0.494 e. The van der Waals surface area contributed by atoms with Gasteiger partial charge in [-0.2, -0.15) is 5.26 Å². The predicted molar refractivity (Wildman–Crippen MR) is 52.3 cm³/mol. The Morgan fingerprint density at radius 1 is 1.60 bits per heavy atom. The van der Waals surface area contributed by atoms with E-state index in [4.69, 9.17) is 10.00 Å². The van der Waals surface area contributed by atoms with Gasteiger partial charge in [0, 0.05) is 6.07 Å². The molecule has 0 aliphatic carbocycles. The van der Waals surface area contributed by atoms with Gasteiger partial charge in [-0.25, -0.2) is 4.39 Å². The number of hydrogen-bond donors (Lipinski definition) is 0. The number of halogens is 1. The Morgan fingerprint density at radius 2 is 2.27 bits per heavy atom. The maximum Gasteiger partial charge on any atom is 0.162 e. The molecule has 0 aromatic heterocycles. The van der Waals surface area contributed by atoms with Gasteiger partial charge >= 0.3 is 0 Å². The second-order valence-electron chi connectivity index (χ2n) is 2.93. The Labute approximate surface area is 87.1 Å². The molecule has 0 saturated heterocycles. The van der Waals surface area contributed by atoms with E-state index in [2.05, 4.69) is 0 Å². The van der Waals surface area contributed by atoms with Crippen LogP contribution in [0, 0.1) is 17.1 Å². The van der Waals surface area contributed by atoms with E-state index < -0.39 is 11.6 Å². The van der Waals surface area contributed by atoms with Crippen LogP contribution in [0.4, 0.5) is 4.39 Å². The van der Waals surface area contributed by atoms with Gasteiger partial charge in [0.2, 0.25) is 0 Å². The highest BCUT2D eigenvalue weighted by molar-refractivity contribution is 5.95. The first kappa shape index (κ1) is 11.2. The van der Waals surface area contributed by atoms with E-state index in [9.17, 15) is 9.18 Å². The molecule has 78 valence electrons. The Balaban J connectivity index is 3.33. The van der Waals surface area contributed by atoms with Crippen LogP contribution in [0.5, 0.6) is 5.75 Å². The number of Topliss-reactive ketones (excluding diaryl/α,β-unsaturated/α-hetero) is 1. The summed E-state index contributed by atoms with van der Waals surface area (Å²) in [6.07, 6.45) is 0. The van der Waals surface area contributed by atoms with Crippen LogP contribution in [0.15, 0.2) is 12.1 Å². The molecule has 0 bridgehead atoms. The molecule has 0 saturated carbocycles. The van der Waals surface area contributed by atoms with E-state index in [1.807, 2.05) is 0 Å². The SMILES string of the molecule is CCOc1cc(C#N)c(F)c(C(C)=O)c1. The summed E-state index contributed by atoms with van der Waals surface area (Å²) in [5.74, 6) is -0.875. The fourth-order valence-electron chi connectivity index (χ4n) is 1.19. The molecule has 0 spiro atoms. The highest BCUT2D eigenvalue weighted by Gasteiger charge is 2.14. The van der Waals surface area contributed by atoms with E-state index in [1.165, 1.54) is 19.1 Å². The topological polar surface area (TPSA) is 50.1 Å². The van der Waals surface area contributed by atoms with Crippen molar-refractivity contribution < 1.29 is 13.9 Å². The summed E-state index contributed by atoms with van der Waals surface area (Å²) in [6, 6.07) is 4.27. The Kier molecular flexibility index (Phi) is 3.40. The number of rotatable bonds is 3. The Hall–Kier alpha value is -1.89. The minimum absolute atomic E-state index is 0.113. The highest BCUT2D eigenvalue weighted by atomic mass is 19.1. The third kappa shape index (κ3) is 2.32. The zero-order valence-electron chi connectivity index (χ0n) is 8.50. The first-order chi connectivity index (χ1) is 7.10. The summed E-state index contributed by atoms with van der Waals surface area (Å²) >= 11 is 0. The van der Waals surface area contributed by atoms with Crippen molar-refractivity contribution in [3.8, 4) is 11.8 Å². The number of carbonyl (C=O) groups is 1. The Bertz CT molecular complexity index is 435. The van der Waals surface area contributed by atoms with E-state index in [-0.39, 0.29) is 11.1 Å². The molecule has 1 rings (SSSR count). The number of nitrogens with zero attached hydrogens (tertiary/aromatic N) is 1. The molecule has 0 amide bonds. The molecule has 0 aliphatic rings. The third-order valence-corrected chi connectivity index (χ3v) is 1.86. The van der Waals surface area contributed by atoms with Gasteiger partial charge in [0.1, 0.15) is 11.8 Å². The van der Waals surface area contributed by atoms with Gasteiger partial charge in [-0.05, 0) is 19.9 Å². The average molecular weight is 207 g/mol. The average Bonchev–Trinajstić information content (AvgIpc) is 2.20. The van der Waals surface area contributed by atoms with Crippen LogP contribution in [0.2, 0.25) is 0 Å². The summed E-state index contributed by atoms with van der Waals surface area (Å²) in [5, 5.41) is 8.66. The maximum atomic E-state index is 13.4. The number of nitriles is 1. The monoisotopic (exact) mass is 207 g/mol. The van der Waals surface area contributed by atoms with Crippen molar-refractivity contribution in [1.82, 2.24) is 0 Å². The highest BCUT2D eigenvalue weighted by Crippen LogP contribution is 2.21. The number of hydrogen-bond acceptors (Lipinski definition) is 3. The fourth-order valence-corrected chi connectivity index (χ4v) is 1.19. The predicted octanol–water partition coefficient (Wildman–Crippen LogP) is 2.30. The lowest BCUT2D eigenvalue weighted by Gasteiger charge is -2.06. The summed E-state index contributed by atoms with van der Waals surface area (Å²) < 4.78 is 18.6. The van der Waals surface area contributed by atoms with E-state index in [1.54, 1.807) is 13.0 Å². The van der Waals surface area contributed by atoms with Gasteiger partial charge in [-0.3, -0.25) is 4.79 Å². The second-order valence-corrected chi connectivity index (χ2v) is 2.93. The smallest absolute Gasteiger partial charge is 0.162 e. The van der Waals surface area contributed by atoms with Crippen LogP contribution in [0.1, 0.15) is 29.8 Å². The molecule has 0 fully saturated rings. The van der Waals surface area contributed by atoms with Crippen molar-refractivity contribution in [2.24, 2.45) is 0 Å². The van der Waals surface area contributed by atoms with Gasteiger partial charge in [0.15, 0.2) is 11.6 Å². The van der Waals surface area contributed by atoms with Crippen LogP contribution >= 0.6 is 0 Å². The first-order valence-electron chi connectivity index (χ1n) is 4.47. The van der Waals surface area contributed by atoms with Gasteiger partial charge in [0.25, 0.3) is 0 Å². The van der Waals surface area contributed by atoms with Crippen LogP contribution in [-0.4, -0.2) is 12.4 Å². The van der Waals surface area contributed by atoms with Crippen molar-refractivity contribution >= 4 is 5.78 Å². The molecule has 0 aliphatic heterocycles. The molecule has 15 heavy (non-hydrogen) atoms. The molecular formula is C11H10FNO2. The lowest BCUT2D eigenvalue weighted by molar-refractivity contribution is 0.101. The fraction of sp³-hybridized carbons (Fsp3) is 0.273. The molecule has 0 unspecified atom stereocenters. The molecular weight excluding hydrogens is 197 g/mol. The number of ketones is 1. The van der Waals surface area contributed by atoms with Crippen molar-refractivity contribution in [3.05, 3.63) is 29.1 Å². The lowest BCUT2D eigenvalue weighted by atomic mass is 10.1. The molecule has 3 nitrogen and oxygen atoms in total. The normalized spacial score (nSPS) is 9.47. The summed E-state index contributed by atoms with van der Waals surface area (Å²) in [4.78, 5) is 11.1. The minimum atomic E-state index is -0.784. The van der Waals surface area contributed by atoms with Crippen LogP contribution in [-0.2, 0) is 0 Å². The van der Waals surface area contributed by atoms with E-state index in [0.29, 0.717) is 12.4 Å². The van der Waals surface area contributed by atoms with Crippen molar-refractivity contribution in [2.45, 2.75) is 13.8 Å². The van der Waals surface area contributed by atoms with Gasteiger partial charge in [0.05, 0.1) is 17.7 Å². The summed E-state index contributed by atoms with van der Waals surface area (Å²) in [5.41, 5.74) is -0.288. The van der Waals surface area contributed by atoms with Gasteiger partial charge in [-0.15, -0.1) is 0 Å². The largest absolute Gasteiger partial charge is 0.494 e. The van der Waals surface area contributed by atoms with Crippen molar-refractivity contribution in [1.29, 1.82) is 5.26 Å². The summed E-state index contributed by atoms with van der Waals surface area (Å²) in [6.45, 7) is 3.41. The quantitative estimate of drug-likeness (QED) is 0.714.